The van der Waals surface area contributed by atoms with Gasteiger partial charge in [0.25, 0.3) is 0 Å². The van der Waals surface area contributed by atoms with Crippen molar-refractivity contribution in [2.75, 3.05) is 32.2 Å². The summed E-state index contributed by atoms with van der Waals surface area (Å²) >= 11 is 1.78. The lowest BCUT2D eigenvalue weighted by Gasteiger charge is -2.28. The van der Waals surface area contributed by atoms with Crippen LogP contribution in [0.4, 0.5) is 0 Å². The van der Waals surface area contributed by atoms with E-state index in [2.05, 4.69) is 6.92 Å². The molecule has 0 saturated heterocycles. The van der Waals surface area contributed by atoms with Gasteiger partial charge in [0.1, 0.15) is 0 Å². The first kappa shape index (κ1) is 21.9. The standard InChI is InChI=1S/C15H32O5SSi/c1-6-17-15(16)13-14(5)21-11-10-12-22(18-7-2,19-8-3)20-9-4/h14H,6-13H2,1-5H3. The van der Waals surface area contributed by atoms with Crippen LogP contribution in [0.2, 0.25) is 6.04 Å². The lowest BCUT2D eigenvalue weighted by atomic mass is 10.3. The highest BCUT2D eigenvalue weighted by molar-refractivity contribution is 7.99. The Labute approximate surface area is 140 Å². The van der Waals surface area contributed by atoms with Crippen LogP contribution < -0.4 is 0 Å². The molecule has 0 aromatic heterocycles. The number of hydrogen-bond acceptors (Lipinski definition) is 6. The lowest BCUT2D eigenvalue weighted by molar-refractivity contribution is -0.142. The summed E-state index contributed by atoms with van der Waals surface area (Å²) in [6.07, 6.45) is 1.42. The van der Waals surface area contributed by atoms with E-state index >= 15 is 0 Å². The van der Waals surface area contributed by atoms with Gasteiger partial charge in [0.2, 0.25) is 0 Å². The molecular weight excluding hydrogens is 320 g/mol. The van der Waals surface area contributed by atoms with Crippen molar-refractivity contribution in [3.05, 3.63) is 0 Å². The van der Waals surface area contributed by atoms with Crippen molar-refractivity contribution in [1.82, 2.24) is 0 Å². The van der Waals surface area contributed by atoms with Crippen LogP contribution in [-0.2, 0) is 22.8 Å². The van der Waals surface area contributed by atoms with Crippen LogP contribution in [0.5, 0.6) is 0 Å². The van der Waals surface area contributed by atoms with E-state index in [1.807, 2.05) is 27.7 Å². The third-order valence-electron chi connectivity index (χ3n) is 2.88. The third-order valence-corrected chi connectivity index (χ3v) is 7.29. The van der Waals surface area contributed by atoms with E-state index in [0.717, 1.165) is 18.2 Å². The van der Waals surface area contributed by atoms with Gasteiger partial charge >= 0.3 is 14.8 Å². The Kier molecular flexibility index (Phi) is 13.3. The summed E-state index contributed by atoms with van der Waals surface area (Å²) in [5.41, 5.74) is 0. The van der Waals surface area contributed by atoms with E-state index in [4.69, 9.17) is 18.0 Å². The number of ether oxygens (including phenoxy) is 1. The SMILES string of the molecule is CCOC(=O)CC(C)SCCC[Si](OCC)(OCC)OCC. The van der Waals surface area contributed by atoms with Gasteiger partial charge in [-0.15, -0.1) is 0 Å². The molecule has 22 heavy (non-hydrogen) atoms. The minimum atomic E-state index is -2.52. The maximum Gasteiger partial charge on any atom is 0.500 e. The highest BCUT2D eigenvalue weighted by Crippen LogP contribution is 2.22. The Hall–Kier alpha value is -0.0831. The van der Waals surface area contributed by atoms with Crippen LogP contribution >= 0.6 is 11.8 Å². The zero-order valence-electron chi connectivity index (χ0n) is 14.7. The van der Waals surface area contributed by atoms with Crippen LogP contribution in [0.1, 0.15) is 47.5 Å². The second kappa shape index (κ2) is 13.4. The van der Waals surface area contributed by atoms with Gasteiger partial charge in [-0.05, 0) is 39.9 Å². The first-order valence-corrected chi connectivity index (χ1v) is 11.2. The monoisotopic (exact) mass is 352 g/mol. The highest BCUT2D eigenvalue weighted by Gasteiger charge is 2.39. The molecular formula is C15H32O5SSi. The maximum absolute atomic E-state index is 11.4. The molecule has 0 aliphatic carbocycles. The van der Waals surface area contributed by atoms with Gasteiger partial charge in [-0.25, -0.2) is 0 Å². The summed E-state index contributed by atoms with van der Waals surface area (Å²) in [7, 11) is -2.52. The molecule has 132 valence electrons. The molecule has 0 amide bonds. The molecule has 0 N–H and O–H groups in total. The molecule has 0 aliphatic heterocycles. The Balaban J connectivity index is 4.13. The van der Waals surface area contributed by atoms with Crippen LogP contribution in [0, 0.1) is 0 Å². The second-order valence-electron chi connectivity index (χ2n) is 4.78. The van der Waals surface area contributed by atoms with Crippen molar-refractivity contribution in [2.45, 2.75) is 58.8 Å². The molecule has 0 rings (SSSR count). The average Bonchev–Trinajstić information content (AvgIpc) is 2.45. The van der Waals surface area contributed by atoms with Gasteiger partial charge in [-0.1, -0.05) is 6.92 Å². The van der Waals surface area contributed by atoms with Gasteiger partial charge in [0, 0.05) is 31.1 Å². The average molecular weight is 353 g/mol. The largest absolute Gasteiger partial charge is 0.500 e. The quantitative estimate of drug-likeness (QED) is 0.271. The highest BCUT2D eigenvalue weighted by atomic mass is 32.2. The fourth-order valence-corrected chi connectivity index (χ4v) is 5.92. The minimum absolute atomic E-state index is 0.121. The number of thioether (sulfide) groups is 1. The van der Waals surface area contributed by atoms with Crippen molar-refractivity contribution >= 4 is 26.5 Å². The van der Waals surface area contributed by atoms with Crippen molar-refractivity contribution in [2.24, 2.45) is 0 Å². The van der Waals surface area contributed by atoms with E-state index < -0.39 is 8.80 Å². The lowest BCUT2D eigenvalue weighted by Crippen LogP contribution is -2.46. The molecule has 5 nitrogen and oxygen atoms in total. The summed E-state index contributed by atoms with van der Waals surface area (Å²) in [6.45, 7) is 12.1. The molecule has 7 heteroatoms. The van der Waals surface area contributed by atoms with Crippen LogP contribution in [0.25, 0.3) is 0 Å². The molecule has 0 aliphatic rings. The van der Waals surface area contributed by atoms with E-state index in [9.17, 15) is 4.79 Å². The van der Waals surface area contributed by atoms with Gasteiger partial charge < -0.3 is 18.0 Å². The van der Waals surface area contributed by atoms with Crippen molar-refractivity contribution < 1.29 is 22.8 Å². The third kappa shape index (κ3) is 9.84. The van der Waals surface area contributed by atoms with Crippen molar-refractivity contribution in [1.29, 1.82) is 0 Å². The Morgan fingerprint density at radius 2 is 1.55 bits per heavy atom. The molecule has 0 bridgehead atoms. The van der Waals surface area contributed by atoms with Gasteiger partial charge in [-0.3, -0.25) is 4.79 Å². The second-order valence-corrected chi connectivity index (χ2v) is 9.05. The Morgan fingerprint density at radius 1 is 1.00 bits per heavy atom. The Bertz CT molecular complexity index is 274. The predicted octanol–water partition coefficient (Wildman–Crippen LogP) is 3.50. The molecule has 0 heterocycles. The number of hydrogen-bond donors (Lipinski definition) is 0. The first-order valence-electron chi connectivity index (χ1n) is 8.22. The van der Waals surface area contributed by atoms with Gasteiger partial charge in [-0.2, -0.15) is 11.8 Å². The molecule has 0 radical (unpaired) electrons. The van der Waals surface area contributed by atoms with Crippen LogP contribution in [-0.4, -0.2) is 52.2 Å². The normalized spacial score (nSPS) is 13.1. The van der Waals surface area contributed by atoms with E-state index in [0.29, 0.717) is 32.8 Å². The minimum Gasteiger partial charge on any atom is -0.466 e. The topological polar surface area (TPSA) is 54.0 Å². The van der Waals surface area contributed by atoms with Crippen LogP contribution in [0.15, 0.2) is 0 Å². The molecule has 1 atom stereocenters. The van der Waals surface area contributed by atoms with E-state index in [-0.39, 0.29) is 11.2 Å². The zero-order valence-corrected chi connectivity index (χ0v) is 16.5. The maximum atomic E-state index is 11.4. The van der Waals surface area contributed by atoms with Crippen molar-refractivity contribution in [3.63, 3.8) is 0 Å². The van der Waals surface area contributed by atoms with Gasteiger partial charge in [0.15, 0.2) is 0 Å². The summed E-state index contributed by atoms with van der Waals surface area (Å²) < 4.78 is 22.4. The van der Waals surface area contributed by atoms with Crippen LogP contribution in [0.3, 0.4) is 0 Å². The molecule has 0 fully saturated rings. The summed E-state index contributed by atoms with van der Waals surface area (Å²) in [5, 5.41) is 0.265. The molecule has 0 aromatic rings. The first-order chi connectivity index (χ1) is 10.5. The van der Waals surface area contributed by atoms with E-state index in [1.54, 1.807) is 11.8 Å². The summed E-state index contributed by atoms with van der Waals surface area (Å²) in [6, 6.07) is 0.821. The molecule has 0 saturated carbocycles. The van der Waals surface area contributed by atoms with Crippen molar-refractivity contribution in [3.8, 4) is 0 Å². The Morgan fingerprint density at radius 3 is 2.00 bits per heavy atom. The molecule has 0 spiro atoms. The number of esters is 1. The van der Waals surface area contributed by atoms with E-state index in [1.165, 1.54) is 0 Å². The number of rotatable bonds is 14. The fraction of sp³-hybridized carbons (Fsp3) is 0.933. The predicted molar refractivity (Wildman–Crippen MR) is 93.2 cm³/mol. The number of carbonyl (C=O) groups excluding carboxylic acids is 1. The number of carbonyl (C=O) groups is 1. The fourth-order valence-electron chi connectivity index (χ4n) is 2.09. The molecule has 0 aromatic carbocycles. The summed E-state index contributed by atoms with van der Waals surface area (Å²) in [5.74, 6) is 0.840. The van der Waals surface area contributed by atoms with Gasteiger partial charge in [0.05, 0.1) is 13.0 Å². The smallest absolute Gasteiger partial charge is 0.466 e. The molecule has 1 unspecified atom stereocenters. The zero-order chi connectivity index (χ0) is 16.8. The summed E-state index contributed by atoms with van der Waals surface area (Å²) in [4.78, 5) is 11.4.